The SMILES string of the molecule is CCCCCCCCCCCCCC[C@H]1OC(C)(C)O[C@H]1[C@H](CC)O[Si](C)(C)C(C)(C)C. The van der Waals surface area contributed by atoms with Crippen LogP contribution >= 0.6 is 0 Å². The molecule has 192 valence electrons. The van der Waals surface area contributed by atoms with E-state index in [1.165, 1.54) is 77.0 Å². The predicted molar refractivity (Wildman–Crippen MR) is 142 cm³/mol. The number of ether oxygens (including phenoxy) is 2. The van der Waals surface area contributed by atoms with E-state index in [0.717, 1.165) is 12.8 Å². The maximum absolute atomic E-state index is 6.81. The first-order valence-corrected chi connectivity index (χ1v) is 16.9. The van der Waals surface area contributed by atoms with Gasteiger partial charge in [-0.15, -0.1) is 0 Å². The first kappa shape index (κ1) is 30.1. The molecule has 32 heavy (non-hydrogen) atoms. The Kier molecular flexibility index (Phi) is 13.6. The average Bonchev–Trinajstić information content (AvgIpc) is 3.00. The second kappa shape index (κ2) is 14.5. The second-order valence-electron chi connectivity index (χ2n) is 12.1. The fraction of sp³-hybridized carbons (Fsp3) is 1.00. The van der Waals surface area contributed by atoms with E-state index < -0.39 is 14.1 Å². The molecule has 0 spiro atoms. The number of unbranched alkanes of at least 4 members (excludes halogenated alkanes) is 11. The number of hydrogen-bond acceptors (Lipinski definition) is 3. The zero-order valence-electron chi connectivity index (χ0n) is 23.4. The average molecular weight is 471 g/mol. The summed E-state index contributed by atoms with van der Waals surface area (Å²) in [5.41, 5.74) is 0. The molecule has 3 atom stereocenters. The summed E-state index contributed by atoms with van der Waals surface area (Å²) >= 11 is 0. The van der Waals surface area contributed by atoms with Crippen LogP contribution in [0.1, 0.15) is 138 Å². The van der Waals surface area contributed by atoms with Crippen LogP contribution in [0.15, 0.2) is 0 Å². The predicted octanol–water partition coefficient (Wildman–Crippen LogP) is 9.40. The van der Waals surface area contributed by atoms with Crippen molar-refractivity contribution in [1.29, 1.82) is 0 Å². The molecule has 0 aromatic carbocycles. The molecule has 0 N–H and O–H groups in total. The van der Waals surface area contributed by atoms with E-state index >= 15 is 0 Å². The van der Waals surface area contributed by atoms with Crippen molar-refractivity contribution in [2.24, 2.45) is 0 Å². The number of rotatable bonds is 17. The van der Waals surface area contributed by atoms with Crippen LogP contribution in [-0.2, 0) is 13.9 Å². The van der Waals surface area contributed by atoms with Crippen molar-refractivity contribution in [3.05, 3.63) is 0 Å². The Morgan fingerprint density at radius 3 is 1.69 bits per heavy atom. The summed E-state index contributed by atoms with van der Waals surface area (Å²) in [5, 5.41) is 0.209. The van der Waals surface area contributed by atoms with E-state index in [2.05, 4.69) is 61.6 Å². The van der Waals surface area contributed by atoms with Crippen molar-refractivity contribution in [1.82, 2.24) is 0 Å². The van der Waals surface area contributed by atoms with E-state index in [4.69, 9.17) is 13.9 Å². The molecule has 1 heterocycles. The maximum atomic E-state index is 6.81. The van der Waals surface area contributed by atoms with Crippen molar-refractivity contribution >= 4 is 8.32 Å². The Morgan fingerprint density at radius 1 is 0.781 bits per heavy atom. The van der Waals surface area contributed by atoms with E-state index in [1.807, 2.05) is 0 Å². The first-order valence-electron chi connectivity index (χ1n) is 14.0. The Balaban J connectivity index is 2.36. The molecular formula is C28H58O3Si. The molecule has 1 saturated heterocycles. The third-order valence-corrected chi connectivity index (χ3v) is 12.1. The Hall–Kier alpha value is 0.0969. The van der Waals surface area contributed by atoms with E-state index in [9.17, 15) is 0 Å². The molecule has 0 radical (unpaired) electrons. The minimum Gasteiger partial charge on any atom is -0.411 e. The summed E-state index contributed by atoms with van der Waals surface area (Å²) in [4.78, 5) is 0. The van der Waals surface area contributed by atoms with Crippen molar-refractivity contribution < 1.29 is 13.9 Å². The van der Waals surface area contributed by atoms with Gasteiger partial charge in [-0.05, 0) is 44.8 Å². The van der Waals surface area contributed by atoms with Crippen molar-refractivity contribution in [3.63, 3.8) is 0 Å². The van der Waals surface area contributed by atoms with Gasteiger partial charge in [-0.3, -0.25) is 0 Å². The number of hydrogen-bond donors (Lipinski definition) is 0. The lowest BCUT2D eigenvalue weighted by Crippen LogP contribution is -2.49. The molecule has 1 aliphatic heterocycles. The highest BCUT2D eigenvalue weighted by atomic mass is 28.4. The molecule has 1 fully saturated rings. The van der Waals surface area contributed by atoms with Crippen LogP contribution in [0, 0.1) is 0 Å². The monoisotopic (exact) mass is 470 g/mol. The van der Waals surface area contributed by atoms with Gasteiger partial charge in [-0.1, -0.05) is 112 Å². The van der Waals surface area contributed by atoms with Crippen LogP contribution in [0.25, 0.3) is 0 Å². The van der Waals surface area contributed by atoms with Gasteiger partial charge in [0.1, 0.15) is 6.10 Å². The summed E-state index contributed by atoms with van der Waals surface area (Å²) in [6.07, 6.45) is 19.0. The molecule has 0 aliphatic carbocycles. The van der Waals surface area contributed by atoms with Crippen LogP contribution in [-0.4, -0.2) is 32.4 Å². The topological polar surface area (TPSA) is 27.7 Å². The van der Waals surface area contributed by atoms with Gasteiger partial charge >= 0.3 is 0 Å². The second-order valence-corrected chi connectivity index (χ2v) is 16.9. The van der Waals surface area contributed by atoms with Crippen molar-refractivity contribution in [2.45, 2.75) is 181 Å². The molecule has 0 aromatic rings. The van der Waals surface area contributed by atoms with Gasteiger partial charge < -0.3 is 13.9 Å². The fourth-order valence-corrected chi connectivity index (χ4v) is 5.94. The highest BCUT2D eigenvalue weighted by Crippen LogP contribution is 2.41. The molecule has 1 rings (SSSR count). The molecule has 1 aliphatic rings. The minimum absolute atomic E-state index is 0.0526. The van der Waals surface area contributed by atoms with E-state index in [-0.39, 0.29) is 23.4 Å². The summed E-state index contributed by atoms with van der Waals surface area (Å²) < 4.78 is 19.6. The Labute approximate surface area is 202 Å². The zero-order valence-corrected chi connectivity index (χ0v) is 24.4. The third kappa shape index (κ3) is 11.0. The van der Waals surface area contributed by atoms with E-state index in [0.29, 0.717) is 0 Å². The Morgan fingerprint density at radius 2 is 1.25 bits per heavy atom. The zero-order chi connectivity index (χ0) is 24.3. The normalized spacial score (nSPS) is 22.4. The lowest BCUT2D eigenvalue weighted by Gasteiger charge is -2.41. The van der Waals surface area contributed by atoms with Gasteiger partial charge in [-0.25, -0.2) is 0 Å². The maximum Gasteiger partial charge on any atom is 0.192 e. The molecule has 3 nitrogen and oxygen atoms in total. The lowest BCUT2D eigenvalue weighted by atomic mass is 9.99. The highest BCUT2D eigenvalue weighted by Gasteiger charge is 2.47. The molecule has 0 aromatic heterocycles. The van der Waals surface area contributed by atoms with Crippen LogP contribution < -0.4 is 0 Å². The molecule has 0 unspecified atom stereocenters. The Bertz CT molecular complexity index is 484. The molecule has 0 saturated carbocycles. The van der Waals surface area contributed by atoms with Crippen LogP contribution in [0.4, 0.5) is 0 Å². The van der Waals surface area contributed by atoms with Gasteiger partial charge in [0, 0.05) is 0 Å². The van der Waals surface area contributed by atoms with Crippen molar-refractivity contribution in [3.8, 4) is 0 Å². The van der Waals surface area contributed by atoms with E-state index in [1.54, 1.807) is 0 Å². The summed E-state index contributed by atoms with van der Waals surface area (Å²) in [6.45, 7) is 20.3. The third-order valence-electron chi connectivity index (χ3n) is 7.58. The van der Waals surface area contributed by atoms with Gasteiger partial charge in [0.15, 0.2) is 14.1 Å². The van der Waals surface area contributed by atoms with Crippen LogP contribution in [0.5, 0.6) is 0 Å². The van der Waals surface area contributed by atoms with Gasteiger partial charge in [-0.2, -0.15) is 0 Å². The molecule has 0 amide bonds. The largest absolute Gasteiger partial charge is 0.411 e. The van der Waals surface area contributed by atoms with Gasteiger partial charge in [0.25, 0.3) is 0 Å². The lowest BCUT2D eigenvalue weighted by molar-refractivity contribution is -0.154. The first-order chi connectivity index (χ1) is 14.9. The molecule has 0 bridgehead atoms. The molecular weight excluding hydrogens is 412 g/mol. The smallest absolute Gasteiger partial charge is 0.192 e. The van der Waals surface area contributed by atoms with Crippen LogP contribution in [0.3, 0.4) is 0 Å². The standard InChI is InChI=1S/C28H58O3Si/c1-10-12-13-14-15-16-17-18-19-20-21-22-23-25-26(30-28(6,7)29-25)24(11-2)31-32(8,9)27(3,4)5/h24-26H,10-23H2,1-9H3/t24-,25+,26-/m0/s1. The highest BCUT2D eigenvalue weighted by molar-refractivity contribution is 6.74. The minimum atomic E-state index is -1.84. The van der Waals surface area contributed by atoms with Crippen LogP contribution in [0.2, 0.25) is 18.1 Å². The fourth-order valence-electron chi connectivity index (χ4n) is 4.53. The summed E-state index contributed by atoms with van der Waals surface area (Å²) in [6, 6.07) is 0. The van der Waals surface area contributed by atoms with Crippen molar-refractivity contribution in [2.75, 3.05) is 0 Å². The van der Waals surface area contributed by atoms with Gasteiger partial charge in [0.05, 0.1) is 12.2 Å². The quantitative estimate of drug-likeness (QED) is 0.156. The molecule has 4 heteroatoms. The van der Waals surface area contributed by atoms with Gasteiger partial charge in [0.2, 0.25) is 0 Å². The summed E-state index contributed by atoms with van der Waals surface area (Å²) in [7, 11) is -1.84. The summed E-state index contributed by atoms with van der Waals surface area (Å²) in [5.74, 6) is -0.503.